The number of aryl methyl sites for hydroxylation is 1. The van der Waals surface area contributed by atoms with Crippen LogP contribution in [0.15, 0.2) is 23.1 Å². The summed E-state index contributed by atoms with van der Waals surface area (Å²) in [4.78, 5) is 1.45. The quantitative estimate of drug-likeness (QED) is 0.623. The molecule has 1 aliphatic rings. The number of benzene rings is 1. The molecule has 0 amide bonds. The van der Waals surface area contributed by atoms with Gasteiger partial charge in [0.2, 0.25) is 0 Å². The minimum Gasteiger partial charge on any atom is -0.126 e. The lowest BCUT2D eigenvalue weighted by molar-refractivity contribution is 0.887. The fourth-order valence-corrected chi connectivity index (χ4v) is 2.68. The standard InChI is InChI=1S/C10H11ClS/c11-7-8-3-4-10-9(6-8)2-1-5-12-10/h3-4,6H,1-2,5,7H2. The summed E-state index contributed by atoms with van der Waals surface area (Å²) in [5.41, 5.74) is 2.74. The van der Waals surface area contributed by atoms with Crippen molar-refractivity contribution in [3.8, 4) is 0 Å². The monoisotopic (exact) mass is 198 g/mol. The second-order valence-electron chi connectivity index (χ2n) is 3.03. The molecule has 0 saturated carbocycles. The lowest BCUT2D eigenvalue weighted by atomic mass is 10.1. The van der Waals surface area contributed by atoms with Gasteiger partial charge in [0.15, 0.2) is 0 Å². The molecule has 0 aromatic heterocycles. The van der Waals surface area contributed by atoms with Gasteiger partial charge in [-0.2, -0.15) is 0 Å². The smallest absolute Gasteiger partial charge is 0.0474 e. The van der Waals surface area contributed by atoms with Crippen LogP contribution in [0.2, 0.25) is 0 Å². The third-order valence-electron chi connectivity index (χ3n) is 2.13. The van der Waals surface area contributed by atoms with Crippen molar-refractivity contribution in [1.82, 2.24) is 0 Å². The van der Waals surface area contributed by atoms with Crippen LogP contribution in [0, 0.1) is 0 Å². The summed E-state index contributed by atoms with van der Waals surface area (Å²) in [5.74, 6) is 1.91. The zero-order chi connectivity index (χ0) is 8.39. The second-order valence-corrected chi connectivity index (χ2v) is 4.43. The number of halogens is 1. The molecule has 2 heteroatoms. The molecule has 0 nitrogen and oxygen atoms in total. The van der Waals surface area contributed by atoms with Gasteiger partial charge in [-0.05, 0) is 35.8 Å². The first-order chi connectivity index (χ1) is 5.90. The summed E-state index contributed by atoms with van der Waals surface area (Å²) in [6, 6.07) is 6.58. The Bertz CT molecular complexity index is 283. The molecular formula is C10H11ClS. The molecule has 0 saturated heterocycles. The normalized spacial score (nSPS) is 15.8. The first kappa shape index (κ1) is 8.46. The van der Waals surface area contributed by atoms with Crippen molar-refractivity contribution in [3.63, 3.8) is 0 Å². The maximum Gasteiger partial charge on any atom is 0.0474 e. The summed E-state index contributed by atoms with van der Waals surface area (Å²) in [7, 11) is 0. The second kappa shape index (κ2) is 3.71. The van der Waals surface area contributed by atoms with Crippen molar-refractivity contribution in [3.05, 3.63) is 29.3 Å². The summed E-state index contributed by atoms with van der Waals surface area (Å²) in [6.07, 6.45) is 2.54. The van der Waals surface area contributed by atoms with Crippen LogP contribution in [0.1, 0.15) is 17.5 Å². The minimum atomic E-state index is 0.637. The molecule has 1 aromatic carbocycles. The zero-order valence-corrected chi connectivity index (χ0v) is 8.42. The summed E-state index contributed by atoms with van der Waals surface area (Å²) in [5, 5.41) is 0. The Labute approximate surface area is 82.3 Å². The number of hydrogen-bond acceptors (Lipinski definition) is 1. The van der Waals surface area contributed by atoms with Gasteiger partial charge in [0, 0.05) is 10.8 Å². The molecule has 2 rings (SSSR count). The Morgan fingerprint density at radius 3 is 3.17 bits per heavy atom. The van der Waals surface area contributed by atoms with E-state index >= 15 is 0 Å². The predicted octanol–water partition coefficient (Wildman–Crippen LogP) is 3.46. The van der Waals surface area contributed by atoms with Crippen LogP contribution >= 0.6 is 23.4 Å². The fourth-order valence-electron chi connectivity index (χ4n) is 1.50. The van der Waals surface area contributed by atoms with E-state index < -0.39 is 0 Å². The SMILES string of the molecule is ClCc1ccc2c(c1)CCCS2. The van der Waals surface area contributed by atoms with Gasteiger partial charge in [-0.1, -0.05) is 12.1 Å². The molecule has 64 valence electrons. The van der Waals surface area contributed by atoms with Gasteiger partial charge in [0.05, 0.1) is 0 Å². The van der Waals surface area contributed by atoms with Crippen molar-refractivity contribution in [2.24, 2.45) is 0 Å². The molecule has 0 radical (unpaired) electrons. The molecule has 0 bridgehead atoms. The van der Waals surface area contributed by atoms with E-state index in [2.05, 4.69) is 18.2 Å². The van der Waals surface area contributed by atoms with E-state index in [-0.39, 0.29) is 0 Å². The van der Waals surface area contributed by atoms with Crippen molar-refractivity contribution < 1.29 is 0 Å². The van der Waals surface area contributed by atoms with Crippen LogP contribution in [-0.4, -0.2) is 5.75 Å². The van der Waals surface area contributed by atoms with E-state index in [1.165, 1.54) is 34.6 Å². The van der Waals surface area contributed by atoms with Gasteiger partial charge in [-0.3, -0.25) is 0 Å². The van der Waals surface area contributed by atoms with E-state index in [1.807, 2.05) is 11.8 Å². The highest BCUT2D eigenvalue weighted by Gasteiger charge is 2.09. The molecule has 1 aliphatic heterocycles. The molecule has 1 heterocycles. The predicted molar refractivity (Wildman–Crippen MR) is 55.0 cm³/mol. The topological polar surface area (TPSA) is 0 Å². The molecule has 0 N–H and O–H groups in total. The first-order valence-corrected chi connectivity index (χ1v) is 5.73. The van der Waals surface area contributed by atoms with Crippen LogP contribution in [0.5, 0.6) is 0 Å². The van der Waals surface area contributed by atoms with E-state index in [0.717, 1.165) is 0 Å². The van der Waals surface area contributed by atoms with Crippen molar-refractivity contribution in [1.29, 1.82) is 0 Å². The highest BCUT2D eigenvalue weighted by atomic mass is 35.5. The molecule has 0 unspecified atom stereocenters. The average Bonchev–Trinajstić information content (AvgIpc) is 2.17. The molecule has 0 atom stereocenters. The molecule has 1 aromatic rings. The summed E-state index contributed by atoms with van der Waals surface area (Å²) in [6.45, 7) is 0. The van der Waals surface area contributed by atoms with Crippen LogP contribution in [0.3, 0.4) is 0 Å². The fraction of sp³-hybridized carbons (Fsp3) is 0.400. The Morgan fingerprint density at radius 2 is 2.33 bits per heavy atom. The highest BCUT2D eigenvalue weighted by molar-refractivity contribution is 7.99. The highest BCUT2D eigenvalue weighted by Crippen LogP contribution is 2.30. The Hall–Kier alpha value is -0.140. The average molecular weight is 199 g/mol. The molecular weight excluding hydrogens is 188 g/mol. The van der Waals surface area contributed by atoms with Crippen molar-refractivity contribution >= 4 is 23.4 Å². The Balaban J connectivity index is 2.36. The van der Waals surface area contributed by atoms with Gasteiger partial charge < -0.3 is 0 Å². The molecule has 12 heavy (non-hydrogen) atoms. The third kappa shape index (κ3) is 1.62. The lowest BCUT2D eigenvalue weighted by Crippen LogP contribution is -1.98. The van der Waals surface area contributed by atoms with Gasteiger partial charge in [0.1, 0.15) is 0 Å². The molecule has 0 spiro atoms. The lowest BCUT2D eigenvalue weighted by Gasteiger charge is -2.15. The number of alkyl halides is 1. The van der Waals surface area contributed by atoms with Crippen molar-refractivity contribution in [2.45, 2.75) is 23.6 Å². The number of rotatable bonds is 1. The summed E-state index contributed by atoms with van der Waals surface area (Å²) < 4.78 is 0. The van der Waals surface area contributed by atoms with E-state index in [0.29, 0.717) is 5.88 Å². The number of fused-ring (bicyclic) bond motifs is 1. The third-order valence-corrected chi connectivity index (χ3v) is 3.64. The van der Waals surface area contributed by atoms with Crippen LogP contribution in [0.4, 0.5) is 0 Å². The maximum absolute atomic E-state index is 5.76. The van der Waals surface area contributed by atoms with Gasteiger partial charge in [-0.25, -0.2) is 0 Å². The van der Waals surface area contributed by atoms with Crippen LogP contribution < -0.4 is 0 Å². The minimum absolute atomic E-state index is 0.637. The Morgan fingerprint density at radius 1 is 1.42 bits per heavy atom. The number of thioether (sulfide) groups is 1. The van der Waals surface area contributed by atoms with E-state index in [9.17, 15) is 0 Å². The van der Waals surface area contributed by atoms with Gasteiger partial charge in [-0.15, -0.1) is 23.4 Å². The van der Waals surface area contributed by atoms with E-state index in [4.69, 9.17) is 11.6 Å². The zero-order valence-electron chi connectivity index (χ0n) is 6.85. The first-order valence-electron chi connectivity index (χ1n) is 4.21. The van der Waals surface area contributed by atoms with Crippen LogP contribution in [-0.2, 0) is 12.3 Å². The largest absolute Gasteiger partial charge is 0.126 e. The molecule has 0 aliphatic carbocycles. The maximum atomic E-state index is 5.76. The summed E-state index contributed by atoms with van der Waals surface area (Å²) >= 11 is 7.73. The van der Waals surface area contributed by atoms with Crippen LogP contribution in [0.25, 0.3) is 0 Å². The number of hydrogen-bond donors (Lipinski definition) is 0. The van der Waals surface area contributed by atoms with Gasteiger partial charge >= 0.3 is 0 Å². The van der Waals surface area contributed by atoms with Gasteiger partial charge in [0.25, 0.3) is 0 Å². The Kier molecular flexibility index (Phi) is 2.62. The van der Waals surface area contributed by atoms with E-state index in [1.54, 1.807) is 0 Å². The molecule has 0 fully saturated rings. The van der Waals surface area contributed by atoms with Crippen molar-refractivity contribution in [2.75, 3.05) is 5.75 Å².